The third-order valence-corrected chi connectivity index (χ3v) is 8.80. The van der Waals surface area contributed by atoms with Crippen molar-refractivity contribution in [3.8, 4) is 6.01 Å². The van der Waals surface area contributed by atoms with E-state index in [0.29, 0.717) is 44.8 Å². The number of carbonyl (C=O) groups is 1. The molecule has 0 bridgehead atoms. The van der Waals surface area contributed by atoms with Gasteiger partial charge >= 0.3 is 6.01 Å². The number of amides is 1. The van der Waals surface area contributed by atoms with Crippen LogP contribution in [-0.4, -0.2) is 109 Å². The molecule has 11 heteroatoms. The summed E-state index contributed by atoms with van der Waals surface area (Å²) in [5, 5.41) is 2.33. The van der Waals surface area contributed by atoms with Gasteiger partial charge in [0.05, 0.1) is 43.4 Å². The molecular formula is C32H38N8O3. The van der Waals surface area contributed by atoms with Gasteiger partial charge in [0.2, 0.25) is 12.5 Å². The number of nitrogens with zero attached hydrogens (tertiary/aromatic N) is 8. The number of fused-ring (bicyclic) bond motifs is 2. The fourth-order valence-corrected chi connectivity index (χ4v) is 6.22. The van der Waals surface area contributed by atoms with Crippen LogP contribution in [-0.2, 0) is 22.5 Å². The van der Waals surface area contributed by atoms with Gasteiger partial charge in [-0.25, -0.2) is 6.57 Å². The molecule has 11 nitrogen and oxygen atoms in total. The van der Waals surface area contributed by atoms with Crippen molar-refractivity contribution in [1.29, 1.82) is 0 Å². The van der Waals surface area contributed by atoms with Gasteiger partial charge in [-0.15, -0.1) is 0 Å². The normalized spacial score (nSPS) is 18.7. The minimum absolute atomic E-state index is 0.141. The highest BCUT2D eigenvalue weighted by atomic mass is 16.5. The van der Waals surface area contributed by atoms with Crippen molar-refractivity contribution >= 4 is 28.2 Å². The number of aryl methyl sites for hydroxylation is 1. The fourth-order valence-electron chi connectivity index (χ4n) is 6.22. The monoisotopic (exact) mass is 582 g/mol. The minimum Gasteiger partial charge on any atom is -0.462 e. The van der Waals surface area contributed by atoms with E-state index in [1.54, 1.807) is 4.90 Å². The Morgan fingerprint density at radius 2 is 2.09 bits per heavy atom. The van der Waals surface area contributed by atoms with Gasteiger partial charge in [-0.05, 0) is 32.0 Å². The summed E-state index contributed by atoms with van der Waals surface area (Å²) < 4.78 is 11.5. The van der Waals surface area contributed by atoms with Crippen LogP contribution in [0.1, 0.15) is 16.8 Å². The number of piperazine rings is 1. The minimum atomic E-state index is -0.241. The van der Waals surface area contributed by atoms with E-state index in [0.717, 1.165) is 60.9 Å². The zero-order chi connectivity index (χ0) is 29.9. The quantitative estimate of drug-likeness (QED) is 0.279. The summed E-state index contributed by atoms with van der Waals surface area (Å²) in [4.78, 5) is 39.1. The number of aromatic nitrogens is 3. The summed E-state index contributed by atoms with van der Waals surface area (Å²) in [5.74, 6) is 0.700. The molecule has 1 aromatic carbocycles. The summed E-state index contributed by atoms with van der Waals surface area (Å²) in [6.07, 6.45) is 5.96. The first-order valence-electron chi connectivity index (χ1n) is 14.9. The predicted molar refractivity (Wildman–Crippen MR) is 165 cm³/mol. The van der Waals surface area contributed by atoms with Gasteiger partial charge in [-0.2, -0.15) is 9.97 Å². The van der Waals surface area contributed by atoms with Crippen LogP contribution < -0.4 is 14.5 Å². The smallest absolute Gasteiger partial charge is 0.318 e. The molecule has 0 unspecified atom stereocenters. The first kappa shape index (κ1) is 28.8. The Labute approximate surface area is 252 Å². The Balaban J connectivity index is 1.30. The van der Waals surface area contributed by atoms with E-state index in [2.05, 4.69) is 63.3 Å². The van der Waals surface area contributed by atoms with Crippen molar-refractivity contribution in [3.05, 3.63) is 71.5 Å². The molecule has 1 atom stereocenters. The third kappa shape index (κ3) is 5.85. The molecule has 0 radical (unpaired) electrons. The van der Waals surface area contributed by atoms with E-state index in [1.165, 1.54) is 17.0 Å². The van der Waals surface area contributed by atoms with Gasteiger partial charge in [0.25, 0.3) is 0 Å². The second-order valence-corrected chi connectivity index (χ2v) is 11.5. The highest BCUT2D eigenvalue weighted by Gasteiger charge is 2.35. The third-order valence-electron chi connectivity index (χ3n) is 8.80. The largest absolute Gasteiger partial charge is 0.462 e. The van der Waals surface area contributed by atoms with Crippen LogP contribution in [0.5, 0.6) is 6.01 Å². The first-order valence-corrected chi connectivity index (χ1v) is 14.9. The number of hydrogen-bond acceptors (Lipinski definition) is 9. The predicted octanol–water partition coefficient (Wildman–Crippen LogP) is 2.73. The van der Waals surface area contributed by atoms with Crippen LogP contribution in [0.3, 0.4) is 0 Å². The van der Waals surface area contributed by atoms with Crippen LogP contribution in [0.15, 0.2) is 43.2 Å². The molecule has 3 aliphatic rings. The zero-order valence-corrected chi connectivity index (χ0v) is 24.9. The maximum atomic E-state index is 12.5. The number of pyridine rings is 1. The topological polar surface area (TPSA) is 91.5 Å². The lowest BCUT2D eigenvalue weighted by Gasteiger charge is -2.41. The van der Waals surface area contributed by atoms with Crippen molar-refractivity contribution in [2.45, 2.75) is 32.0 Å². The zero-order valence-electron chi connectivity index (χ0n) is 24.9. The average molecular weight is 583 g/mol. The molecule has 0 aliphatic carbocycles. The number of anilines is 2. The number of ether oxygens (including phenoxy) is 2. The van der Waals surface area contributed by atoms with Crippen LogP contribution in [0.2, 0.25) is 0 Å². The molecule has 3 aromatic rings. The molecule has 2 saturated heterocycles. The Morgan fingerprint density at radius 3 is 2.86 bits per heavy atom. The Morgan fingerprint density at radius 1 is 1.23 bits per heavy atom. The summed E-state index contributed by atoms with van der Waals surface area (Å²) >= 11 is 0. The van der Waals surface area contributed by atoms with Gasteiger partial charge in [0.15, 0.2) is 0 Å². The molecule has 0 saturated carbocycles. The lowest BCUT2D eigenvalue weighted by atomic mass is 10.0. The lowest BCUT2D eigenvalue weighted by Crippen LogP contribution is -2.56. The van der Waals surface area contributed by atoms with Crippen LogP contribution in [0, 0.1) is 13.5 Å². The molecule has 5 heterocycles. The summed E-state index contributed by atoms with van der Waals surface area (Å²) in [6.45, 7) is 19.3. The van der Waals surface area contributed by atoms with Gasteiger partial charge in [-0.1, -0.05) is 24.8 Å². The van der Waals surface area contributed by atoms with Crippen LogP contribution in [0.25, 0.3) is 15.6 Å². The molecular weight excluding hydrogens is 544 g/mol. The number of hydrogen-bond donors (Lipinski definition) is 0. The van der Waals surface area contributed by atoms with Gasteiger partial charge in [0.1, 0.15) is 18.5 Å². The molecule has 224 valence electrons. The molecule has 0 N–H and O–H groups in total. The average Bonchev–Trinajstić information content (AvgIpc) is 2.99. The molecule has 2 fully saturated rings. The van der Waals surface area contributed by atoms with Crippen LogP contribution in [0.4, 0.5) is 11.5 Å². The maximum absolute atomic E-state index is 12.5. The molecule has 0 spiro atoms. The molecule has 43 heavy (non-hydrogen) atoms. The summed E-state index contributed by atoms with van der Waals surface area (Å²) in [6, 6.07) is 6.84. The van der Waals surface area contributed by atoms with Crippen molar-refractivity contribution in [3.63, 3.8) is 0 Å². The van der Waals surface area contributed by atoms with Gasteiger partial charge < -0.3 is 29.0 Å². The van der Waals surface area contributed by atoms with Gasteiger partial charge in [0, 0.05) is 55.3 Å². The molecule has 1 amide bonds. The van der Waals surface area contributed by atoms with E-state index < -0.39 is 0 Å². The van der Waals surface area contributed by atoms with Crippen molar-refractivity contribution < 1.29 is 14.3 Å². The Kier molecular flexibility index (Phi) is 8.40. The van der Waals surface area contributed by atoms with Crippen molar-refractivity contribution in [2.24, 2.45) is 0 Å². The first-order chi connectivity index (χ1) is 21.0. The summed E-state index contributed by atoms with van der Waals surface area (Å²) in [7, 11) is 2.08. The van der Waals surface area contributed by atoms with E-state index in [4.69, 9.17) is 26.0 Å². The molecule has 6 rings (SSSR count). The Hall–Kier alpha value is -4.27. The lowest BCUT2D eigenvalue weighted by molar-refractivity contribution is -0.128. The number of rotatable bonds is 9. The molecule has 3 aliphatic heterocycles. The SMILES string of the molecule is [C-]#[N+]C[C@H]1CN(c2nc(OCCN(C)C3COC3)nc3c2CCN(c2cncc4cccc(C)c24)C3)CCN1C(=O)C=C. The number of carbonyl (C=O) groups excluding carboxylic acids is 1. The second kappa shape index (κ2) is 12.5. The van der Waals surface area contributed by atoms with E-state index in [9.17, 15) is 4.79 Å². The van der Waals surface area contributed by atoms with E-state index >= 15 is 0 Å². The second-order valence-electron chi connectivity index (χ2n) is 11.5. The summed E-state index contributed by atoms with van der Waals surface area (Å²) in [5.41, 5.74) is 4.35. The van der Waals surface area contributed by atoms with Crippen molar-refractivity contribution in [2.75, 3.05) is 75.9 Å². The highest BCUT2D eigenvalue weighted by Crippen LogP contribution is 2.35. The van der Waals surface area contributed by atoms with Crippen molar-refractivity contribution in [1.82, 2.24) is 24.8 Å². The highest BCUT2D eigenvalue weighted by molar-refractivity contribution is 5.96. The molecule has 2 aromatic heterocycles. The van der Waals surface area contributed by atoms with Crippen LogP contribution >= 0.6 is 0 Å². The maximum Gasteiger partial charge on any atom is 0.318 e. The fraction of sp³-hybridized carbons (Fsp3) is 0.469. The Bertz CT molecular complexity index is 1550. The standard InChI is InChI=1S/C32H38N8O3/c1-5-29(41)40-12-11-39(18-24(40)16-33-3)31-26-9-10-38(28-17-34-15-23-8-6-7-22(2)30(23)28)19-27(26)35-32(36-31)43-14-13-37(4)25-20-42-21-25/h5-8,15,17,24-25H,1,9-14,16,18-21H2,2,4H3/t24-/m0/s1. The van der Waals surface area contributed by atoms with Gasteiger partial charge in [-0.3, -0.25) is 14.7 Å². The van der Waals surface area contributed by atoms with E-state index in [1.807, 2.05) is 12.4 Å². The number of benzene rings is 1. The number of likely N-dealkylation sites (N-methyl/N-ethyl adjacent to an activating group) is 1. The van der Waals surface area contributed by atoms with E-state index in [-0.39, 0.29) is 18.5 Å².